The zero-order chi connectivity index (χ0) is 23.6. The molecule has 0 fully saturated rings. The summed E-state index contributed by atoms with van der Waals surface area (Å²) in [6.45, 7) is 2.95. The molecule has 2 aliphatic heterocycles. The van der Waals surface area contributed by atoms with Gasteiger partial charge in [0.25, 0.3) is 0 Å². The molecule has 7 nitrogen and oxygen atoms in total. The lowest BCUT2D eigenvalue weighted by molar-refractivity contribution is -0.117. The first-order valence-corrected chi connectivity index (χ1v) is 13.3. The van der Waals surface area contributed by atoms with Crippen molar-refractivity contribution >= 4 is 21.6 Å². The Kier molecular flexibility index (Phi) is 6.95. The first-order chi connectivity index (χ1) is 15.8. The van der Waals surface area contributed by atoms with Crippen LogP contribution in [0.1, 0.15) is 43.2 Å². The fourth-order valence-corrected chi connectivity index (χ4v) is 5.97. The van der Waals surface area contributed by atoms with Gasteiger partial charge in [0.05, 0.1) is 20.0 Å². The summed E-state index contributed by atoms with van der Waals surface area (Å²) < 4.78 is 38.0. The lowest BCUT2D eigenvalue weighted by Crippen LogP contribution is -2.41. The van der Waals surface area contributed by atoms with Gasteiger partial charge in [0.2, 0.25) is 15.9 Å². The van der Waals surface area contributed by atoms with Crippen molar-refractivity contribution in [3.8, 4) is 11.5 Å². The summed E-state index contributed by atoms with van der Waals surface area (Å²) in [7, 11) is -1.72. The summed E-state index contributed by atoms with van der Waals surface area (Å²) in [6.07, 6.45) is 4.01. The standard InChI is InChI=1S/C25H32N2O5S/c1-18(28)27-22-9-5-4-8-20(22)21-12-14-26(33(3,29)30)13-6-7-15-32-25-17-19(16-23(21)27)10-11-24(25)31-2/h4-5,8-11,17,21,23H,6-7,12-16H2,1-3H3/t21-,23-/m1/s1. The van der Waals surface area contributed by atoms with E-state index in [1.807, 2.05) is 41.3 Å². The Morgan fingerprint density at radius 1 is 1.12 bits per heavy atom. The molecule has 4 rings (SSSR count). The topological polar surface area (TPSA) is 76.2 Å². The Morgan fingerprint density at radius 2 is 1.91 bits per heavy atom. The minimum absolute atomic E-state index is 0.0129. The number of nitrogens with zero attached hydrogens (tertiary/aromatic N) is 2. The summed E-state index contributed by atoms with van der Waals surface area (Å²) in [4.78, 5) is 14.6. The fraction of sp³-hybridized carbons (Fsp3) is 0.480. The number of methoxy groups -OCH3 is 1. The lowest BCUT2D eigenvalue weighted by atomic mass is 9.88. The number of carbonyl (C=O) groups is 1. The van der Waals surface area contributed by atoms with Gasteiger partial charge >= 0.3 is 0 Å². The van der Waals surface area contributed by atoms with Crippen molar-refractivity contribution < 1.29 is 22.7 Å². The molecule has 33 heavy (non-hydrogen) atoms. The summed E-state index contributed by atoms with van der Waals surface area (Å²) in [5, 5.41) is 0. The summed E-state index contributed by atoms with van der Waals surface area (Å²) in [5.74, 6) is 1.36. The maximum absolute atomic E-state index is 12.8. The molecule has 2 aromatic carbocycles. The van der Waals surface area contributed by atoms with E-state index < -0.39 is 10.0 Å². The molecule has 0 aliphatic carbocycles. The van der Waals surface area contributed by atoms with E-state index in [4.69, 9.17) is 9.47 Å². The smallest absolute Gasteiger partial charge is 0.224 e. The highest BCUT2D eigenvalue weighted by Gasteiger charge is 2.40. The zero-order valence-corrected chi connectivity index (χ0v) is 20.3. The van der Waals surface area contributed by atoms with Gasteiger partial charge in [-0.1, -0.05) is 24.3 Å². The molecular formula is C25H32N2O5S. The Morgan fingerprint density at radius 3 is 2.64 bits per heavy atom. The van der Waals surface area contributed by atoms with Crippen LogP contribution in [0.15, 0.2) is 42.5 Å². The fourth-order valence-electron chi connectivity index (χ4n) is 5.07. The van der Waals surface area contributed by atoms with Crippen LogP contribution in [0.4, 0.5) is 5.69 Å². The minimum Gasteiger partial charge on any atom is -0.493 e. The molecule has 2 atom stereocenters. The normalized spacial score (nSPS) is 22.0. The van der Waals surface area contributed by atoms with Crippen molar-refractivity contribution in [3.63, 3.8) is 0 Å². The number of carbonyl (C=O) groups excluding carboxylic acids is 1. The van der Waals surface area contributed by atoms with Crippen LogP contribution < -0.4 is 14.4 Å². The molecule has 0 unspecified atom stereocenters. The second-order valence-electron chi connectivity index (χ2n) is 8.82. The monoisotopic (exact) mass is 472 g/mol. The van der Waals surface area contributed by atoms with Gasteiger partial charge in [-0.25, -0.2) is 12.7 Å². The SMILES string of the molecule is COc1ccc2cc1OCCCCN(S(C)(=O)=O)CC[C@@H]1c3ccccc3N(C(C)=O)[C@@H]1C2. The highest BCUT2D eigenvalue weighted by molar-refractivity contribution is 7.88. The highest BCUT2D eigenvalue weighted by Crippen LogP contribution is 2.44. The summed E-state index contributed by atoms with van der Waals surface area (Å²) in [6, 6.07) is 13.8. The third-order valence-corrected chi connectivity index (χ3v) is 7.93. The largest absolute Gasteiger partial charge is 0.493 e. The van der Waals surface area contributed by atoms with Crippen molar-refractivity contribution in [2.75, 3.05) is 38.0 Å². The Hall–Kier alpha value is -2.58. The number of hydrogen-bond acceptors (Lipinski definition) is 5. The van der Waals surface area contributed by atoms with Gasteiger partial charge in [0, 0.05) is 37.7 Å². The van der Waals surface area contributed by atoms with Crippen LogP contribution >= 0.6 is 0 Å². The third-order valence-electron chi connectivity index (χ3n) is 6.62. The summed E-state index contributed by atoms with van der Waals surface area (Å²) in [5.41, 5.74) is 3.07. The van der Waals surface area contributed by atoms with Gasteiger partial charge in [0.1, 0.15) is 0 Å². The van der Waals surface area contributed by atoms with E-state index in [2.05, 4.69) is 6.07 Å². The van der Waals surface area contributed by atoms with Crippen LogP contribution in [0.3, 0.4) is 0 Å². The minimum atomic E-state index is -3.33. The maximum atomic E-state index is 12.8. The first-order valence-electron chi connectivity index (χ1n) is 11.4. The second-order valence-corrected chi connectivity index (χ2v) is 10.8. The van der Waals surface area contributed by atoms with Crippen molar-refractivity contribution in [2.24, 2.45) is 0 Å². The van der Waals surface area contributed by atoms with Gasteiger partial charge < -0.3 is 14.4 Å². The molecule has 2 aliphatic rings. The average molecular weight is 473 g/mol. The molecule has 8 heteroatoms. The number of rotatable bonds is 2. The molecule has 1 amide bonds. The second kappa shape index (κ2) is 9.73. The van der Waals surface area contributed by atoms with E-state index in [0.717, 1.165) is 23.2 Å². The number of para-hydroxylation sites is 1. The molecule has 0 N–H and O–H groups in total. The van der Waals surface area contributed by atoms with Gasteiger partial charge in [-0.15, -0.1) is 0 Å². The van der Waals surface area contributed by atoms with E-state index in [1.54, 1.807) is 18.3 Å². The zero-order valence-electron chi connectivity index (χ0n) is 19.5. The third kappa shape index (κ3) is 5.01. The van der Waals surface area contributed by atoms with Crippen LogP contribution in [-0.4, -0.2) is 57.7 Å². The molecule has 2 heterocycles. The van der Waals surface area contributed by atoms with Crippen molar-refractivity contribution in [2.45, 2.75) is 44.6 Å². The quantitative estimate of drug-likeness (QED) is 0.668. The molecule has 0 spiro atoms. The predicted molar refractivity (Wildman–Crippen MR) is 129 cm³/mol. The van der Waals surface area contributed by atoms with E-state index >= 15 is 0 Å². The first kappa shape index (κ1) is 23.6. The summed E-state index contributed by atoms with van der Waals surface area (Å²) >= 11 is 0. The molecular weight excluding hydrogens is 440 g/mol. The van der Waals surface area contributed by atoms with Crippen LogP contribution in [0.25, 0.3) is 0 Å². The lowest BCUT2D eigenvalue weighted by Gasteiger charge is -2.30. The Bertz CT molecular complexity index is 1120. The number of fused-ring (bicyclic) bond motifs is 5. The van der Waals surface area contributed by atoms with Gasteiger partial charge in [0.15, 0.2) is 11.5 Å². The van der Waals surface area contributed by atoms with E-state index in [1.165, 1.54) is 6.26 Å². The number of amides is 1. The van der Waals surface area contributed by atoms with Crippen molar-refractivity contribution in [1.82, 2.24) is 4.31 Å². The Balaban J connectivity index is 1.76. The molecule has 2 bridgehead atoms. The van der Waals surface area contributed by atoms with Crippen LogP contribution in [0.2, 0.25) is 0 Å². The number of ether oxygens (including phenoxy) is 2. The van der Waals surface area contributed by atoms with Crippen molar-refractivity contribution in [1.29, 1.82) is 0 Å². The number of hydrogen-bond donors (Lipinski definition) is 0. The molecule has 0 saturated carbocycles. The van der Waals surface area contributed by atoms with Crippen LogP contribution in [-0.2, 0) is 21.2 Å². The Labute approximate surface area is 196 Å². The van der Waals surface area contributed by atoms with Crippen LogP contribution in [0.5, 0.6) is 11.5 Å². The predicted octanol–water partition coefficient (Wildman–Crippen LogP) is 3.58. The maximum Gasteiger partial charge on any atom is 0.224 e. The highest BCUT2D eigenvalue weighted by atomic mass is 32.2. The molecule has 2 aromatic rings. The number of sulfonamides is 1. The number of benzene rings is 2. The molecule has 178 valence electrons. The number of anilines is 1. The van der Waals surface area contributed by atoms with E-state index in [9.17, 15) is 13.2 Å². The van der Waals surface area contributed by atoms with Gasteiger partial charge in [-0.3, -0.25) is 4.79 Å². The van der Waals surface area contributed by atoms with Crippen LogP contribution in [0, 0.1) is 0 Å². The van der Waals surface area contributed by atoms with E-state index in [0.29, 0.717) is 50.5 Å². The average Bonchev–Trinajstić information content (AvgIpc) is 3.07. The molecule has 0 saturated heterocycles. The molecule has 0 radical (unpaired) electrons. The van der Waals surface area contributed by atoms with Gasteiger partial charge in [-0.2, -0.15) is 0 Å². The van der Waals surface area contributed by atoms with E-state index in [-0.39, 0.29) is 17.9 Å². The molecule has 0 aromatic heterocycles. The van der Waals surface area contributed by atoms with Crippen molar-refractivity contribution in [3.05, 3.63) is 53.6 Å². The van der Waals surface area contributed by atoms with Gasteiger partial charge in [-0.05, 0) is 55.0 Å².